The van der Waals surface area contributed by atoms with E-state index in [0.29, 0.717) is 11.4 Å². The van der Waals surface area contributed by atoms with Gasteiger partial charge in [-0.15, -0.1) is 0 Å². The first-order valence-corrected chi connectivity index (χ1v) is 4.87. The molecule has 0 saturated heterocycles. The Morgan fingerprint density at radius 2 is 1.81 bits per heavy atom. The molecule has 2 rings (SSSR count). The summed E-state index contributed by atoms with van der Waals surface area (Å²) in [4.78, 5) is 10.6. The van der Waals surface area contributed by atoms with Crippen molar-refractivity contribution in [3.8, 4) is 5.75 Å². The Labute approximate surface area is 92.8 Å². The lowest BCUT2D eigenvalue weighted by molar-refractivity contribution is -0.119. The molecular formula is C12H12N2O2. The van der Waals surface area contributed by atoms with E-state index >= 15 is 0 Å². The van der Waals surface area contributed by atoms with Crippen LogP contribution in [0, 0.1) is 0 Å². The lowest BCUT2D eigenvalue weighted by atomic mass is 10.1. The van der Waals surface area contributed by atoms with Crippen LogP contribution in [0.1, 0.15) is 0 Å². The molecular weight excluding hydrogens is 204 g/mol. The fourth-order valence-corrected chi connectivity index (χ4v) is 1.58. The maximum absolute atomic E-state index is 10.6. The van der Waals surface area contributed by atoms with Crippen molar-refractivity contribution < 1.29 is 9.53 Å². The van der Waals surface area contributed by atoms with Crippen molar-refractivity contribution in [2.75, 3.05) is 12.3 Å². The van der Waals surface area contributed by atoms with Crippen molar-refractivity contribution in [1.29, 1.82) is 0 Å². The van der Waals surface area contributed by atoms with Crippen LogP contribution in [0.2, 0.25) is 0 Å². The van der Waals surface area contributed by atoms with Crippen LogP contribution in [0.4, 0.5) is 5.69 Å². The van der Waals surface area contributed by atoms with Gasteiger partial charge in [0.15, 0.2) is 6.61 Å². The van der Waals surface area contributed by atoms with E-state index < -0.39 is 5.91 Å². The molecule has 0 aromatic heterocycles. The van der Waals surface area contributed by atoms with Crippen molar-refractivity contribution in [1.82, 2.24) is 0 Å². The molecule has 0 unspecified atom stereocenters. The first-order chi connectivity index (χ1) is 7.68. The molecule has 4 nitrogen and oxygen atoms in total. The Hall–Kier alpha value is -2.23. The Balaban J connectivity index is 2.45. The molecule has 0 radical (unpaired) electrons. The van der Waals surface area contributed by atoms with Gasteiger partial charge in [-0.1, -0.05) is 24.3 Å². The molecule has 0 aliphatic rings. The van der Waals surface area contributed by atoms with E-state index in [1.54, 1.807) is 6.07 Å². The highest BCUT2D eigenvalue weighted by molar-refractivity contribution is 5.96. The second kappa shape index (κ2) is 4.10. The molecule has 0 fully saturated rings. The van der Waals surface area contributed by atoms with E-state index in [1.807, 2.05) is 30.3 Å². The number of hydrogen-bond donors (Lipinski definition) is 2. The average Bonchev–Trinajstić information content (AvgIpc) is 2.27. The number of ether oxygens (including phenoxy) is 1. The number of nitrogen functional groups attached to an aromatic ring is 1. The molecule has 16 heavy (non-hydrogen) atoms. The third kappa shape index (κ3) is 1.91. The predicted molar refractivity (Wildman–Crippen MR) is 63.0 cm³/mol. The van der Waals surface area contributed by atoms with Gasteiger partial charge in [0.05, 0.1) is 0 Å². The van der Waals surface area contributed by atoms with Crippen molar-refractivity contribution in [2.24, 2.45) is 5.73 Å². The number of fused-ring (bicyclic) bond motifs is 1. The fraction of sp³-hybridized carbons (Fsp3) is 0.0833. The molecule has 0 aliphatic carbocycles. The molecule has 0 bridgehead atoms. The molecule has 2 aromatic carbocycles. The minimum atomic E-state index is -0.499. The first-order valence-electron chi connectivity index (χ1n) is 4.87. The summed E-state index contributed by atoms with van der Waals surface area (Å²) >= 11 is 0. The quantitative estimate of drug-likeness (QED) is 0.759. The van der Waals surface area contributed by atoms with Crippen molar-refractivity contribution >= 4 is 22.4 Å². The van der Waals surface area contributed by atoms with Crippen molar-refractivity contribution in [2.45, 2.75) is 0 Å². The Bertz CT molecular complexity index is 538. The van der Waals surface area contributed by atoms with E-state index in [9.17, 15) is 4.79 Å². The van der Waals surface area contributed by atoms with Crippen LogP contribution in [0.5, 0.6) is 5.75 Å². The maximum atomic E-state index is 10.6. The zero-order chi connectivity index (χ0) is 11.5. The van der Waals surface area contributed by atoms with Crippen LogP contribution in [-0.4, -0.2) is 12.5 Å². The van der Waals surface area contributed by atoms with E-state index in [4.69, 9.17) is 16.2 Å². The monoisotopic (exact) mass is 216 g/mol. The molecule has 0 spiro atoms. The zero-order valence-corrected chi connectivity index (χ0v) is 8.64. The van der Waals surface area contributed by atoms with Crippen LogP contribution < -0.4 is 16.2 Å². The molecule has 1 amide bonds. The highest BCUT2D eigenvalue weighted by atomic mass is 16.5. The Morgan fingerprint density at radius 3 is 2.56 bits per heavy atom. The first kappa shape index (κ1) is 10.3. The summed E-state index contributed by atoms with van der Waals surface area (Å²) in [6, 6.07) is 11.1. The van der Waals surface area contributed by atoms with Crippen LogP contribution in [-0.2, 0) is 4.79 Å². The maximum Gasteiger partial charge on any atom is 0.255 e. The average molecular weight is 216 g/mol. The van der Waals surface area contributed by atoms with E-state index in [2.05, 4.69) is 0 Å². The van der Waals surface area contributed by atoms with Crippen LogP contribution in [0.25, 0.3) is 10.8 Å². The van der Waals surface area contributed by atoms with E-state index in [0.717, 1.165) is 10.8 Å². The number of primary amides is 1. The van der Waals surface area contributed by atoms with Gasteiger partial charge >= 0.3 is 0 Å². The molecule has 2 aromatic rings. The summed E-state index contributed by atoms with van der Waals surface area (Å²) in [6.07, 6.45) is 0. The summed E-state index contributed by atoms with van der Waals surface area (Å²) in [7, 11) is 0. The SMILES string of the molecule is NC(=O)COc1cccc2c(N)cccc12. The largest absolute Gasteiger partial charge is 0.483 e. The summed E-state index contributed by atoms with van der Waals surface area (Å²) < 4.78 is 5.31. The third-order valence-electron chi connectivity index (χ3n) is 2.29. The lowest BCUT2D eigenvalue weighted by Crippen LogP contribution is -2.20. The number of benzene rings is 2. The number of nitrogens with two attached hydrogens (primary N) is 2. The number of amides is 1. The normalized spacial score (nSPS) is 10.2. The molecule has 82 valence electrons. The van der Waals surface area contributed by atoms with Gasteiger partial charge in [-0.2, -0.15) is 0 Å². The van der Waals surface area contributed by atoms with Gasteiger partial charge in [0.25, 0.3) is 5.91 Å². The molecule has 0 atom stereocenters. The molecule has 4 N–H and O–H groups in total. The van der Waals surface area contributed by atoms with Gasteiger partial charge in [-0.25, -0.2) is 0 Å². The molecule has 4 heteroatoms. The predicted octanol–water partition coefficient (Wildman–Crippen LogP) is 1.29. The van der Waals surface area contributed by atoms with Crippen molar-refractivity contribution in [3.05, 3.63) is 36.4 Å². The summed E-state index contributed by atoms with van der Waals surface area (Å²) in [6.45, 7) is -0.131. The smallest absolute Gasteiger partial charge is 0.255 e. The van der Waals surface area contributed by atoms with Crippen LogP contribution >= 0.6 is 0 Å². The number of anilines is 1. The highest BCUT2D eigenvalue weighted by Crippen LogP contribution is 2.28. The standard InChI is InChI=1S/C12H12N2O2/c13-10-5-1-4-9-8(10)3-2-6-11(9)16-7-12(14)15/h1-6H,7,13H2,(H2,14,15). The highest BCUT2D eigenvalue weighted by Gasteiger charge is 2.04. The van der Waals surface area contributed by atoms with Gasteiger partial charge in [0.1, 0.15) is 5.75 Å². The number of carbonyl (C=O) groups is 1. The van der Waals surface area contributed by atoms with Crippen LogP contribution in [0.3, 0.4) is 0 Å². The topological polar surface area (TPSA) is 78.3 Å². The van der Waals surface area contributed by atoms with E-state index in [1.165, 1.54) is 0 Å². The van der Waals surface area contributed by atoms with Gasteiger partial charge in [-0.05, 0) is 12.1 Å². The Kier molecular flexibility index (Phi) is 2.64. The van der Waals surface area contributed by atoms with E-state index in [-0.39, 0.29) is 6.61 Å². The van der Waals surface area contributed by atoms with Gasteiger partial charge in [-0.3, -0.25) is 4.79 Å². The van der Waals surface area contributed by atoms with Crippen molar-refractivity contribution in [3.63, 3.8) is 0 Å². The third-order valence-corrected chi connectivity index (χ3v) is 2.29. The number of rotatable bonds is 3. The van der Waals surface area contributed by atoms with Gasteiger partial charge in [0.2, 0.25) is 0 Å². The lowest BCUT2D eigenvalue weighted by Gasteiger charge is -2.08. The minimum absolute atomic E-state index is 0.131. The second-order valence-electron chi connectivity index (χ2n) is 3.45. The summed E-state index contributed by atoms with van der Waals surface area (Å²) in [5, 5.41) is 1.79. The number of hydrogen-bond acceptors (Lipinski definition) is 3. The zero-order valence-electron chi connectivity index (χ0n) is 8.64. The second-order valence-corrected chi connectivity index (χ2v) is 3.45. The summed E-state index contributed by atoms with van der Waals surface area (Å²) in [5.74, 6) is 0.115. The minimum Gasteiger partial charge on any atom is -0.483 e. The van der Waals surface area contributed by atoms with Gasteiger partial charge < -0.3 is 16.2 Å². The van der Waals surface area contributed by atoms with Gasteiger partial charge in [0, 0.05) is 16.5 Å². The molecule has 0 saturated carbocycles. The molecule has 0 heterocycles. The molecule has 0 aliphatic heterocycles. The fourth-order valence-electron chi connectivity index (χ4n) is 1.58. The summed E-state index contributed by atoms with van der Waals surface area (Å²) in [5.41, 5.74) is 11.5. The Morgan fingerprint density at radius 1 is 1.12 bits per heavy atom. The van der Waals surface area contributed by atoms with Crippen LogP contribution in [0.15, 0.2) is 36.4 Å². The number of carbonyl (C=O) groups excluding carboxylic acids is 1.